The third-order valence-electron chi connectivity index (χ3n) is 4.03. The number of H-pyrrole nitrogens is 1. The van der Waals surface area contributed by atoms with Crippen molar-refractivity contribution in [1.82, 2.24) is 20.8 Å². The van der Waals surface area contributed by atoms with Gasteiger partial charge in [-0.25, -0.2) is 0 Å². The van der Waals surface area contributed by atoms with Crippen molar-refractivity contribution in [2.75, 3.05) is 0 Å². The molecule has 1 saturated heterocycles. The van der Waals surface area contributed by atoms with E-state index in [1.807, 2.05) is 31.3 Å². The first-order valence-electron chi connectivity index (χ1n) is 7.30. The molecule has 110 valence electrons. The summed E-state index contributed by atoms with van der Waals surface area (Å²) < 4.78 is 0. The standard InChI is InChI=1S/C16H20N4O/c1-11-9-18-20-14(11)10-17-13-7-8-15(21)19-16(13)12-5-3-2-4-6-12/h2-6,9,13,16-17H,7-8,10H2,1H3,(H,18,20)(H,19,21)/t13-,16+/m1/s1. The Morgan fingerprint density at radius 3 is 2.86 bits per heavy atom. The van der Waals surface area contributed by atoms with Gasteiger partial charge in [-0.2, -0.15) is 5.10 Å². The van der Waals surface area contributed by atoms with Gasteiger partial charge in [-0.1, -0.05) is 30.3 Å². The van der Waals surface area contributed by atoms with Gasteiger partial charge in [-0.15, -0.1) is 0 Å². The minimum atomic E-state index is 0.0238. The van der Waals surface area contributed by atoms with Crippen molar-refractivity contribution < 1.29 is 4.79 Å². The minimum absolute atomic E-state index is 0.0238. The second kappa shape index (κ2) is 6.10. The average molecular weight is 284 g/mol. The lowest BCUT2D eigenvalue weighted by atomic mass is 9.92. The van der Waals surface area contributed by atoms with Crippen molar-refractivity contribution in [3.8, 4) is 0 Å². The fourth-order valence-electron chi connectivity index (χ4n) is 2.78. The highest BCUT2D eigenvalue weighted by Crippen LogP contribution is 2.24. The van der Waals surface area contributed by atoms with Gasteiger partial charge in [0.15, 0.2) is 0 Å². The molecule has 0 bridgehead atoms. The molecule has 1 amide bonds. The SMILES string of the molecule is Cc1cn[nH]c1CN[C@@H]1CCC(=O)N[C@H]1c1ccccc1. The van der Waals surface area contributed by atoms with Gasteiger partial charge in [-0.05, 0) is 24.5 Å². The Kier molecular flexibility index (Phi) is 4.01. The van der Waals surface area contributed by atoms with Crippen LogP contribution in [0.25, 0.3) is 0 Å². The molecule has 0 unspecified atom stereocenters. The van der Waals surface area contributed by atoms with E-state index in [4.69, 9.17) is 0 Å². The molecular formula is C16H20N4O. The Bertz CT molecular complexity index is 608. The van der Waals surface area contributed by atoms with Crippen LogP contribution in [0.3, 0.4) is 0 Å². The average Bonchev–Trinajstić information content (AvgIpc) is 2.92. The first kappa shape index (κ1) is 13.8. The number of rotatable bonds is 4. The third-order valence-corrected chi connectivity index (χ3v) is 4.03. The molecule has 21 heavy (non-hydrogen) atoms. The number of aryl methyl sites for hydroxylation is 1. The monoisotopic (exact) mass is 284 g/mol. The van der Waals surface area contributed by atoms with Crippen molar-refractivity contribution in [1.29, 1.82) is 0 Å². The van der Waals surface area contributed by atoms with Crippen molar-refractivity contribution in [2.45, 2.75) is 38.4 Å². The van der Waals surface area contributed by atoms with Crippen LogP contribution in [0.15, 0.2) is 36.5 Å². The highest BCUT2D eigenvalue weighted by Gasteiger charge is 2.29. The molecule has 3 N–H and O–H groups in total. The van der Waals surface area contributed by atoms with Gasteiger partial charge in [-0.3, -0.25) is 9.89 Å². The summed E-state index contributed by atoms with van der Waals surface area (Å²) in [6.45, 7) is 2.77. The van der Waals surface area contributed by atoms with Gasteiger partial charge in [0.2, 0.25) is 5.91 Å². The summed E-state index contributed by atoms with van der Waals surface area (Å²) >= 11 is 0. The largest absolute Gasteiger partial charge is 0.348 e. The molecule has 1 fully saturated rings. The zero-order valence-corrected chi connectivity index (χ0v) is 12.1. The Morgan fingerprint density at radius 1 is 1.33 bits per heavy atom. The topological polar surface area (TPSA) is 69.8 Å². The number of carbonyl (C=O) groups excluding carboxylic acids is 1. The first-order valence-corrected chi connectivity index (χ1v) is 7.30. The zero-order chi connectivity index (χ0) is 14.7. The molecule has 5 nitrogen and oxygen atoms in total. The zero-order valence-electron chi connectivity index (χ0n) is 12.1. The molecule has 1 aliphatic rings. The van der Waals surface area contributed by atoms with Crippen LogP contribution in [0.1, 0.15) is 35.7 Å². The van der Waals surface area contributed by atoms with Gasteiger partial charge in [0, 0.05) is 19.0 Å². The lowest BCUT2D eigenvalue weighted by molar-refractivity contribution is -0.123. The highest BCUT2D eigenvalue weighted by atomic mass is 16.1. The summed E-state index contributed by atoms with van der Waals surface area (Å²) in [6, 6.07) is 10.4. The molecule has 3 rings (SSSR count). The predicted molar refractivity (Wildman–Crippen MR) is 80.5 cm³/mol. The summed E-state index contributed by atoms with van der Waals surface area (Å²) in [5.41, 5.74) is 3.39. The second-order valence-electron chi connectivity index (χ2n) is 5.51. The number of hydrogen-bond donors (Lipinski definition) is 3. The molecule has 2 heterocycles. The van der Waals surface area contributed by atoms with E-state index in [-0.39, 0.29) is 18.0 Å². The van der Waals surface area contributed by atoms with Gasteiger partial charge in [0.25, 0.3) is 0 Å². The number of nitrogens with one attached hydrogen (secondary N) is 3. The summed E-state index contributed by atoms with van der Waals surface area (Å²) in [5.74, 6) is 0.125. The van der Waals surface area contributed by atoms with Crippen molar-refractivity contribution >= 4 is 5.91 Å². The van der Waals surface area contributed by atoms with E-state index in [9.17, 15) is 4.79 Å². The summed E-state index contributed by atoms with van der Waals surface area (Å²) in [6.07, 6.45) is 3.25. The molecular weight excluding hydrogens is 264 g/mol. The Labute approximate surface area is 124 Å². The number of carbonyl (C=O) groups is 1. The number of piperidine rings is 1. The minimum Gasteiger partial charge on any atom is -0.348 e. The van der Waals surface area contributed by atoms with E-state index in [1.165, 1.54) is 0 Å². The van der Waals surface area contributed by atoms with E-state index >= 15 is 0 Å². The number of nitrogens with zero attached hydrogens (tertiary/aromatic N) is 1. The molecule has 1 aromatic carbocycles. The maximum absolute atomic E-state index is 11.7. The van der Waals surface area contributed by atoms with Crippen LogP contribution in [0.2, 0.25) is 0 Å². The van der Waals surface area contributed by atoms with Gasteiger partial charge in [0.05, 0.1) is 17.9 Å². The smallest absolute Gasteiger partial charge is 0.220 e. The van der Waals surface area contributed by atoms with E-state index in [1.54, 1.807) is 0 Å². The molecule has 2 aromatic rings. The van der Waals surface area contributed by atoms with Crippen LogP contribution in [0, 0.1) is 6.92 Å². The number of aromatic amines is 1. The summed E-state index contributed by atoms with van der Waals surface area (Å²) in [5, 5.41) is 13.7. The Balaban J connectivity index is 1.72. The quantitative estimate of drug-likeness (QED) is 0.802. The van der Waals surface area contributed by atoms with Crippen LogP contribution in [0.4, 0.5) is 0 Å². The number of aromatic nitrogens is 2. The molecule has 0 spiro atoms. The molecule has 0 radical (unpaired) electrons. The van der Waals surface area contributed by atoms with E-state index < -0.39 is 0 Å². The van der Waals surface area contributed by atoms with Gasteiger partial charge < -0.3 is 10.6 Å². The van der Waals surface area contributed by atoms with Crippen LogP contribution >= 0.6 is 0 Å². The third kappa shape index (κ3) is 3.13. The first-order chi connectivity index (χ1) is 10.2. The second-order valence-corrected chi connectivity index (χ2v) is 5.51. The molecule has 0 aliphatic carbocycles. The molecule has 2 atom stereocenters. The van der Waals surface area contributed by atoms with Crippen LogP contribution in [-0.2, 0) is 11.3 Å². The number of amides is 1. The fourth-order valence-corrected chi connectivity index (χ4v) is 2.78. The molecule has 0 saturated carbocycles. The number of hydrogen-bond acceptors (Lipinski definition) is 3. The van der Waals surface area contributed by atoms with Crippen LogP contribution in [-0.4, -0.2) is 22.1 Å². The Hall–Kier alpha value is -2.14. The maximum Gasteiger partial charge on any atom is 0.220 e. The van der Waals surface area contributed by atoms with Crippen LogP contribution in [0.5, 0.6) is 0 Å². The predicted octanol–water partition coefficient (Wildman–Crippen LogP) is 1.83. The summed E-state index contributed by atoms with van der Waals surface area (Å²) in [4.78, 5) is 11.7. The fraction of sp³-hybridized carbons (Fsp3) is 0.375. The van der Waals surface area contributed by atoms with E-state index in [0.717, 1.165) is 29.8 Å². The Morgan fingerprint density at radius 2 is 2.14 bits per heavy atom. The lowest BCUT2D eigenvalue weighted by Gasteiger charge is -2.33. The van der Waals surface area contributed by atoms with Gasteiger partial charge >= 0.3 is 0 Å². The molecule has 5 heteroatoms. The van der Waals surface area contributed by atoms with Crippen molar-refractivity contribution in [3.63, 3.8) is 0 Å². The maximum atomic E-state index is 11.7. The highest BCUT2D eigenvalue weighted by molar-refractivity contribution is 5.77. The number of benzene rings is 1. The lowest BCUT2D eigenvalue weighted by Crippen LogP contribution is -2.48. The molecule has 1 aliphatic heterocycles. The summed E-state index contributed by atoms with van der Waals surface area (Å²) in [7, 11) is 0. The normalized spacial score (nSPS) is 22.0. The van der Waals surface area contributed by atoms with Gasteiger partial charge in [0.1, 0.15) is 0 Å². The van der Waals surface area contributed by atoms with E-state index in [2.05, 4.69) is 33.0 Å². The van der Waals surface area contributed by atoms with E-state index in [0.29, 0.717) is 6.42 Å². The molecule has 1 aromatic heterocycles. The van der Waals surface area contributed by atoms with Crippen molar-refractivity contribution in [3.05, 3.63) is 53.3 Å². The van der Waals surface area contributed by atoms with Crippen LogP contribution < -0.4 is 10.6 Å². The van der Waals surface area contributed by atoms with Crippen molar-refractivity contribution in [2.24, 2.45) is 0 Å².